The molecule has 0 bridgehead atoms. The number of nitrogens with zero attached hydrogens (tertiary/aromatic N) is 2. The molecule has 0 aliphatic heterocycles. The van der Waals surface area contributed by atoms with E-state index in [9.17, 15) is 0 Å². The Balaban J connectivity index is 2.57. The van der Waals surface area contributed by atoms with Crippen molar-refractivity contribution in [3.05, 3.63) is 28.1 Å². The summed E-state index contributed by atoms with van der Waals surface area (Å²) in [6.07, 6.45) is 5.16. The van der Waals surface area contributed by atoms with Gasteiger partial charge in [0.2, 0.25) is 0 Å². The summed E-state index contributed by atoms with van der Waals surface area (Å²) in [5.41, 5.74) is 3.53. The predicted molar refractivity (Wildman–Crippen MR) is 92.1 cm³/mol. The van der Waals surface area contributed by atoms with E-state index >= 15 is 0 Å². The third kappa shape index (κ3) is 5.84. The number of nitrogens with one attached hydrogen (secondary N) is 1. The van der Waals surface area contributed by atoms with E-state index in [1.165, 1.54) is 5.57 Å². The van der Waals surface area contributed by atoms with Crippen LogP contribution in [0.3, 0.4) is 0 Å². The van der Waals surface area contributed by atoms with Crippen molar-refractivity contribution in [2.45, 2.75) is 60.4 Å². The first kappa shape index (κ1) is 18.2. The Morgan fingerprint density at radius 1 is 1.38 bits per heavy atom. The summed E-state index contributed by atoms with van der Waals surface area (Å²) in [7, 11) is 0. The standard InChI is InChI=1S/C17H30ClN3/c1-6-15-17(18)16(21(7-2)20-15)11-14(5)9-8-10-19-12-13(3)4/h9,13,19H,6-8,10-12H2,1-5H3. The molecule has 4 heteroatoms. The van der Waals surface area contributed by atoms with E-state index in [1.807, 2.05) is 4.68 Å². The first-order valence-electron chi connectivity index (χ1n) is 8.09. The highest BCUT2D eigenvalue weighted by molar-refractivity contribution is 6.31. The van der Waals surface area contributed by atoms with Gasteiger partial charge in [-0.3, -0.25) is 4.68 Å². The van der Waals surface area contributed by atoms with Crippen molar-refractivity contribution in [2.75, 3.05) is 13.1 Å². The number of aromatic nitrogens is 2. The van der Waals surface area contributed by atoms with Gasteiger partial charge in [-0.25, -0.2) is 0 Å². The molecule has 0 fully saturated rings. The molecule has 120 valence electrons. The number of hydrogen-bond donors (Lipinski definition) is 1. The largest absolute Gasteiger partial charge is 0.316 e. The normalized spacial score (nSPS) is 12.4. The van der Waals surface area contributed by atoms with Crippen molar-refractivity contribution in [1.82, 2.24) is 15.1 Å². The lowest BCUT2D eigenvalue weighted by molar-refractivity contribution is 0.556. The van der Waals surface area contributed by atoms with Crippen molar-refractivity contribution in [3.63, 3.8) is 0 Å². The van der Waals surface area contributed by atoms with Crippen LogP contribution in [-0.2, 0) is 19.4 Å². The zero-order valence-electron chi connectivity index (χ0n) is 14.2. The monoisotopic (exact) mass is 311 g/mol. The molecule has 0 saturated carbocycles. The molecule has 1 aromatic rings. The van der Waals surface area contributed by atoms with Crippen LogP contribution in [0, 0.1) is 5.92 Å². The molecule has 0 saturated heterocycles. The fourth-order valence-electron chi connectivity index (χ4n) is 2.33. The molecule has 21 heavy (non-hydrogen) atoms. The van der Waals surface area contributed by atoms with E-state index in [0.29, 0.717) is 5.92 Å². The highest BCUT2D eigenvalue weighted by atomic mass is 35.5. The van der Waals surface area contributed by atoms with Gasteiger partial charge in [-0.15, -0.1) is 0 Å². The second-order valence-electron chi connectivity index (χ2n) is 5.99. The molecule has 0 amide bonds. The van der Waals surface area contributed by atoms with Crippen molar-refractivity contribution in [3.8, 4) is 0 Å². The predicted octanol–water partition coefficient (Wildman–Crippen LogP) is 4.24. The van der Waals surface area contributed by atoms with Gasteiger partial charge in [-0.2, -0.15) is 5.10 Å². The summed E-state index contributed by atoms with van der Waals surface area (Å²) in [6.45, 7) is 13.8. The first-order valence-corrected chi connectivity index (χ1v) is 8.47. The number of halogens is 1. The van der Waals surface area contributed by atoms with Crippen LogP contribution in [-0.4, -0.2) is 22.9 Å². The summed E-state index contributed by atoms with van der Waals surface area (Å²) < 4.78 is 2.04. The van der Waals surface area contributed by atoms with Crippen molar-refractivity contribution < 1.29 is 0 Å². The lowest BCUT2D eigenvalue weighted by Gasteiger charge is -2.07. The maximum Gasteiger partial charge on any atom is 0.0853 e. The fourth-order valence-corrected chi connectivity index (χ4v) is 2.67. The molecule has 1 aromatic heterocycles. The van der Waals surface area contributed by atoms with Gasteiger partial charge in [0.05, 0.1) is 16.4 Å². The lowest BCUT2D eigenvalue weighted by atomic mass is 10.1. The molecule has 1 rings (SSSR count). The Bertz CT molecular complexity index is 461. The van der Waals surface area contributed by atoms with Crippen LogP contribution in [0.15, 0.2) is 11.6 Å². The third-order valence-corrected chi connectivity index (χ3v) is 3.94. The van der Waals surface area contributed by atoms with Gasteiger partial charge in [0, 0.05) is 13.0 Å². The van der Waals surface area contributed by atoms with Crippen molar-refractivity contribution in [2.24, 2.45) is 5.92 Å². The molecule has 0 aromatic carbocycles. The summed E-state index contributed by atoms with van der Waals surface area (Å²) in [6, 6.07) is 0. The number of allylic oxidation sites excluding steroid dienone is 1. The van der Waals surface area contributed by atoms with Crippen LogP contribution in [0.2, 0.25) is 5.02 Å². The van der Waals surface area contributed by atoms with Gasteiger partial charge < -0.3 is 5.32 Å². The van der Waals surface area contributed by atoms with Gasteiger partial charge in [-0.1, -0.05) is 44.0 Å². The van der Waals surface area contributed by atoms with Gasteiger partial charge in [0.15, 0.2) is 0 Å². The van der Waals surface area contributed by atoms with E-state index in [4.69, 9.17) is 11.6 Å². The van der Waals surface area contributed by atoms with Crippen LogP contribution in [0.25, 0.3) is 0 Å². The van der Waals surface area contributed by atoms with Crippen LogP contribution in [0.5, 0.6) is 0 Å². The molecular weight excluding hydrogens is 282 g/mol. The molecule has 0 unspecified atom stereocenters. The van der Waals surface area contributed by atoms with Crippen LogP contribution in [0.4, 0.5) is 0 Å². The summed E-state index contributed by atoms with van der Waals surface area (Å²) in [5, 5.41) is 8.89. The third-order valence-electron chi connectivity index (χ3n) is 3.51. The first-order chi connectivity index (χ1) is 9.99. The molecule has 3 nitrogen and oxygen atoms in total. The average molecular weight is 312 g/mol. The summed E-state index contributed by atoms with van der Waals surface area (Å²) >= 11 is 6.45. The van der Waals surface area contributed by atoms with Gasteiger partial charge in [0.1, 0.15) is 0 Å². The maximum absolute atomic E-state index is 6.45. The molecular formula is C17H30ClN3. The second-order valence-corrected chi connectivity index (χ2v) is 6.37. The van der Waals surface area contributed by atoms with Gasteiger partial charge in [-0.05, 0) is 45.7 Å². The van der Waals surface area contributed by atoms with E-state index in [2.05, 4.69) is 51.1 Å². The average Bonchev–Trinajstić information content (AvgIpc) is 2.74. The van der Waals surface area contributed by atoms with Crippen LogP contribution < -0.4 is 5.32 Å². The SMILES string of the molecule is CCc1nn(CC)c(CC(C)=CCCNCC(C)C)c1Cl. The maximum atomic E-state index is 6.45. The van der Waals surface area contributed by atoms with Crippen molar-refractivity contribution >= 4 is 11.6 Å². The Labute approximate surface area is 134 Å². The Morgan fingerprint density at radius 3 is 2.67 bits per heavy atom. The van der Waals surface area contributed by atoms with Crippen molar-refractivity contribution in [1.29, 1.82) is 0 Å². The lowest BCUT2D eigenvalue weighted by Crippen LogP contribution is -2.20. The minimum atomic E-state index is 0.709. The molecule has 0 spiro atoms. The highest BCUT2D eigenvalue weighted by Crippen LogP contribution is 2.24. The Hall–Kier alpha value is -0.800. The topological polar surface area (TPSA) is 29.9 Å². The molecule has 0 atom stereocenters. The molecule has 1 heterocycles. The van der Waals surface area contributed by atoms with E-state index in [-0.39, 0.29) is 0 Å². The van der Waals surface area contributed by atoms with Gasteiger partial charge in [0.25, 0.3) is 0 Å². The summed E-state index contributed by atoms with van der Waals surface area (Å²) in [4.78, 5) is 0. The molecule has 0 aliphatic rings. The Kier molecular flexibility index (Phi) is 8.05. The van der Waals surface area contributed by atoms with E-state index in [0.717, 1.165) is 55.3 Å². The summed E-state index contributed by atoms with van der Waals surface area (Å²) in [5.74, 6) is 0.709. The molecule has 0 radical (unpaired) electrons. The van der Waals surface area contributed by atoms with Gasteiger partial charge >= 0.3 is 0 Å². The zero-order valence-corrected chi connectivity index (χ0v) is 14.9. The number of hydrogen-bond acceptors (Lipinski definition) is 2. The minimum Gasteiger partial charge on any atom is -0.316 e. The molecule has 0 aliphatic carbocycles. The number of aryl methyl sites for hydroxylation is 2. The smallest absolute Gasteiger partial charge is 0.0853 e. The van der Waals surface area contributed by atoms with Crippen LogP contribution in [0.1, 0.15) is 52.4 Å². The minimum absolute atomic E-state index is 0.709. The van der Waals surface area contributed by atoms with Crippen LogP contribution >= 0.6 is 11.6 Å². The van der Waals surface area contributed by atoms with E-state index < -0.39 is 0 Å². The highest BCUT2D eigenvalue weighted by Gasteiger charge is 2.14. The Morgan fingerprint density at radius 2 is 2.10 bits per heavy atom. The van der Waals surface area contributed by atoms with E-state index in [1.54, 1.807) is 0 Å². The second kappa shape index (κ2) is 9.26. The fraction of sp³-hybridized carbons (Fsp3) is 0.706. The number of rotatable bonds is 9. The molecule has 1 N–H and O–H groups in total. The zero-order chi connectivity index (χ0) is 15.8. The quantitative estimate of drug-likeness (QED) is 0.546.